The molecule has 1 aromatic carbocycles. The van der Waals surface area contributed by atoms with Crippen LogP contribution < -0.4 is 4.74 Å². The first kappa shape index (κ1) is 16.6. The van der Waals surface area contributed by atoms with Gasteiger partial charge in [-0.2, -0.15) is 5.26 Å². The largest absolute Gasteiger partial charge is 0.504 e. The van der Waals surface area contributed by atoms with Crippen molar-refractivity contribution in [1.82, 2.24) is 4.90 Å². The van der Waals surface area contributed by atoms with Crippen molar-refractivity contribution in [3.8, 4) is 17.6 Å². The smallest absolute Gasteiger partial charge is 0.160 e. The fraction of sp³-hybridized carbons (Fsp3) is 0.588. The van der Waals surface area contributed by atoms with Gasteiger partial charge in [0.15, 0.2) is 11.5 Å². The Morgan fingerprint density at radius 3 is 2.82 bits per heavy atom. The van der Waals surface area contributed by atoms with Crippen LogP contribution in [0.3, 0.4) is 0 Å². The van der Waals surface area contributed by atoms with E-state index < -0.39 is 0 Å². The van der Waals surface area contributed by atoms with Crippen LogP contribution in [0.4, 0.5) is 0 Å². The molecule has 0 aliphatic carbocycles. The van der Waals surface area contributed by atoms with E-state index in [-0.39, 0.29) is 5.75 Å². The molecular formula is C17H24N2O3. The molecule has 0 saturated carbocycles. The Kier molecular flexibility index (Phi) is 6.50. The topological polar surface area (TPSA) is 65.7 Å². The van der Waals surface area contributed by atoms with E-state index in [4.69, 9.17) is 14.7 Å². The summed E-state index contributed by atoms with van der Waals surface area (Å²) in [4.78, 5) is 2.43. The van der Waals surface area contributed by atoms with E-state index in [0.717, 1.165) is 51.1 Å². The second-order valence-corrected chi connectivity index (χ2v) is 5.56. The third-order valence-corrected chi connectivity index (χ3v) is 4.10. The number of methoxy groups -OCH3 is 1. The number of nitrogens with zero attached hydrogens (tertiary/aromatic N) is 2. The molecule has 0 bridgehead atoms. The van der Waals surface area contributed by atoms with Crippen LogP contribution in [0.1, 0.15) is 24.8 Å². The summed E-state index contributed by atoms with van der Waals surface area (Å²) in [5.41, 5.74) is 1.09. The van der Waals surface area contributed by atoms with Crippen molar-refractivity contribution in [1.29, 1.82) is 5.26 Å². The standard InChI is InChI=1S/C17H24N2O3/c1-21-17-6-5-14(13-16(17)20)12-15(4-2-3-7-18)19-8-10-22-11-9-19/h5-6,13,15,20H,2-4,8-12H2,1H3. The van der Waals surface area contributed by atoms with Crippen molar-refractivity contribution in [3.63, 3.8) is 0 Å². The highest BCUT2D eigenvalue weighted by Gasteiger charge is 2.21. The summed E-state index contributed by atoms with van der Waals surface area (Å²) in [5, 5.41) is 18.7. The molecule has 1 aliphatic rings. The molecule has 5 heteroatoms. The van der Waals surface area contributed by atoms with Crippen LogP contribution in [-0.4, -0.2) is 49.5 Å². The fourth-order valence-electron chi connectivity index (χ4n) is 2.91. The number of phenolic OH excluding ortho intramolecular Hbond substituents is 1. The summed E-state index contributed by atoms with van der Waals surface area (Å²) in [5.74, 6) is 0.675. The molecule has 0 radical (unpaired) electrons. The quantitative estimate of drug-likeness (QED) is 0.783. The minimum atomic E-state index is 0.178. The Morgan fingerprint density at radius 1 is 1.41 bits per heavy atom. The summed E-state index contributed by atoms with van der Waals surface area (Å²) in [6.07, 6.45) is 3.35. The van der Waals surface area contributed by atoms with Crippen LogP contribution >= 0.6 is 0 Å². The number of unbranched alkanes of at least 4 members (excludes halogenated alkanes) is 1. The van der Waals surface area contributed by atoms with Crippen molar-refractivity contribution in [3.05, 3.63) is 23.8 Å². The Morgan fingerprint density at radius 2 is 2.18 bits per heavy atom. The first-order valence-electron chi connectivity index (χ1n) is 7.79. The van der Waals surface area contributed by atoms with Crippen molar-refractivity contribution < 1.29 is 14.6 Å². The highest BCUT2D eigenvalue weighted by atomic mass is 16.5. The molecule has 2 rings (SSSR count). The number of aromatic hydroxyl groups is 1. The molecule has 1 unspecified atom stereocenters. The number of rotatable bonds is 7. The number of ether oxygens (including phenoxy) is 2. The monoisotopic (exact) mass is 304 g/mol. The number of morpholine rings is 1. The van der Waals surface area contributed by atoms with E-state index in [1.54, 1.807) is 19.2 Å². The van der Waals surface area contributed by atoms with Gasteiger partial charge in [0.05, 0.1) is 26.4 Å². The molecule has 120 valence electrons. The lowest BCUT2D eigenvalue weighted by molar-refractivity contribution is 0.0145. The summed E-state index contributed by atoms with van der Waals surface area (Å²) in [6, 6.07) is 8.17. The van der Waals surface area contributed by atoms with Gasteiger partial charge in [0.2, 0.25) is 0 Å². The Balaban J connectivity index is 2.04. The highest BCUT2D eigenvalue weighted by Crippen LogP contribution is 2.27. The van der Waals surface area contributed by atoms with Crippen LogP contribution in [0.2, 0.25) is 0 Å². The highest BCUT2D eigenvalue weighted by molar-refractivity contribution is 5.41. The van der Waals surface area contributed by atoms with Crippen LogP contribution in [0.25, 0.3) is 0 Å². The van der Waals surface area contributed by atoms with Crippen molar-refractivity contribution >= 4 is 0 Å². The van der Waals surface area contributed by atoms with Gasteiger partial charge in [-0.3, -0.25) is 4.90 Å². The van der Waals surface area contributed by atoms with E-state index in [2.05, 4.69) is 11.0 Å². The maximum atomic E-state index is 9.93. The molecule has 1 atom stereocenters. The van der Waals surface area contributed by atoms with E-state index in [1.807, 2.05) is 6.07 Å². The predicted molar refractivity (Wildman–Crippen MR) is 84.0 cm³/mol. The third kappa shape index (κ3) is 4.62. The first-order valence-corrected chi connectivity index (χ1v) is 7.79. The van der Waals surface area contributed by atoms with E-state index in [0.29, 0.717) is 18.2 Å². The molecule has 0 aromatic heterocycles. The summed E-state index contributed by atoms with van der Waals surface area (Å²) >= 11 is 0. The van der Waals surface area contributed by atoms with Crippen LogP contribution in [-0.2, 0) is 11.2 Å². The van der Waals surface area contributed by atoms with Crippen molar-refractivity contribution in [2.45, 2.75) is 31.7 Å². The Labute approximate surface area is 132 Å². The minimum Gasteiger partial charge on any atom is -0.504 e. The number of phenols is 1. The Bertz CT molecular complexity index is 507. The van der Waals surface area contributed by atoms with E-state index in [1.165, 1.54) is 0 Å². The van der Waals surface area contributed by atoms with Crippen LogP contribution in [0.5, 0.6) is 11.5 Å². The average Bonchev–Trinajstić information content (AvgIpc) is 2.55. The Hall–Kier alpha value is -1.77. The van der Waals surface area contributed by atoms with E-state index in [9.17, 15) is 5.11 Å². The van der Waals surface area contributed by atoms with Gasteiger partial charge < -0.3 is 14.6 Å². The fourth-order valence-corrected chi connectivity index (χ4v) is 2.91. The van der Waals surface area contributed by atoms with Gasteiger partial charge in [-0.1, -0.05) is 6.07 Å². The second kappa shape index (κ2) is 8.62. The SMILES string of the molecule is COc1ccc(CC(CCCC#N)N2CCOCC2)cc1O. The second-order valence-electron chi connectivity index (χ2n) is 5.56. The molecule has 1 saturated heterocycles. The number of benzene rings is 1. The minimum absolute atomic E-state index is 0.178. The van der Waals surface area contributed by atoms with Crippen molar-refractivity contribution in [2.24, 2.45) is 0 Å². The molecule has 1 fully saturated rings. The molecule has 0 spiro atoms. The summed E-state index contributed by atoms with van der Waals surface area (Å²) in [7, 11) is 1.55. The van der Waals surface area contributed by atoms with Gasteiger partial charge in [0, 0.05) is 25.6 Å². The molecule has 1 aromatic rings. The van der Waals surface area contributed by atoms with Gasteiger partial charge in [0.25, 0.3) is 0 Å². The zero-order valence-corrected chi connectivity index (χ0v) is 13.1. The van der Waals surface area contributed by atoms with Gasteiger partial charge in [-0.25, -0.2) is 0 Å². The maximum Gasteiger partial charge on any atom is 0.160 e. The lowest BCUT2D eigenvalue weighted by Crippen LogP contribution is -2.44. The molecular weight excluding hydrogens is 280 g/mol. The van der Waals surface area contributed by atoms with Gasteiger partial charge >= 0.3 is 0 Å². The number of hydrogen-bond donors (Lipinski definition) is 1. The summed E-state index contributed by atoms with van der Waals surface area (Å²) < 4.78 is 10.5. The average molecular weight is 304 g/mol. The van der Waals surface area contributed by atoms with Gasteiger partial charge in [-0.05, 0) is 37.0 Å². The number of nitriles is 1. The van der Waals surface area contributed by atoms with Crippen LogP contribution in [0, 0.1) is 11.3 Å². The number of hydrogen-bond acceptors (Lipinski definition) is 5. The first-order chi connectivity index (χ1) is 10.7. The molecule has 1 aliphatic heterocycles. The molecule has 5 nitrogen and oxygen atoms in total. The van der Waals surface area contributed by atoms with Crippen LogP contribution in [0.15, 0.2) is 18.2 Å². The predicted octanol–water partition coefficient (Wildman–Crippen LogP) is 2.34. The summed E-state index contributed by atoms with van der Waals surface area (Å²) in [6.45, 7) is 3.39. The zero-order chi connectivity index (χ0) is 15.8. The zero-order valence-electron chi connectivity index (χ0n) is 13.1. The molecule has 1 heterocycles. The lowest BCUT2D eigenvalue weighted by Gasteiger charge is -2.34. The molecule has 1 N–H and O–H groups in total. The van der Waals surface area contributed by atoms with Crippen molar-refractivity contribution in [2.75, 3.05) is 33.4 Å². The lowest BCUT2D eigenvalue weighted by atomic mass is 9.98. The third-order valence-electron chi connectivity index (χ3n) is 4.10. The van der Waals surface area contributed by atoms with Gasteiger partial charge in [-0.15, -0.1) is 0 Å². The normalized spacial score (nSPS) is 16.9. The molecule has 0 amide bonds. The van der Waals surface area contributed by atoms with Gasteiger partial charge in [0.1, 0.15) is 0 Å². The van der Waals surface area contributed by atoms with E-state index >= 15 is 0 Å². The molecule has 22 heavy (non-hydrogen) atoms. The maximum absolute atomic E-state index is 9.93.